The average Bonchev–Trinajstić information content (AvgIpc) is 1.97. The lowest BCUT2D eigenvalue weighted by Gasteiger charge is -2.84. The number of hydrogen-bond donors (Lipinski definition) is 0. The summed E-state index contributed by atoms with van der Waals surface area (Å²) in [5.41, 5.74) is 0.714. The number of fused-ring (bicyclic) bond motifs is 7. The monoisotopic (exact) mass is 158 g/mol. The molecule has 62 valence electrons. The van der Waals surface area contributed by atoms with Crippen molar-refractivity contribution in [2.75, 3.05) is 0 Å². The second-order valence-electron chi connectivity index (χ2n) is 5.54. The highest BCUT2D eigenvalue weighted by molar-refractivity contribution is 6.09. The summed E-state index contributed by atoms with van der Waals surface area (Å²) >= 11 is 0. The topological polar surface area (TPSA) is 0 Å². The van der Waals surface area contributed by atoms with Gasteiger partial charge in [-0.2, -0.15) is 0 Å². The predicted octanol–water partition coefficient (Wildman–Crippen LogP) is 2.26. The lowest BCUT2D eigenvalue weighted by atomic mass is 9.19. The molecular formula is C11H15B. The summed E-state index contributed by atoms with van der Waals surface area (Å²) in [5, 5.41) is 0. The van der Waals surface area contributed by atoms with Gasteiger partial charge in [-0.15, -0.1) is 0 Å². The third kappa shape index (κ3) is 0.373. The molecule has 0 amide bonds. The highest BCUT2D eigenvalue weighted by Crippen LogP contribution is 2.84. The maximum Gasteiger partial charge on any atom is 0.0660 e. The summed E-state index contributed by atoms with van der Waals surface area (Å²) in [5.74, 6) is 5.59. The first kappa shape index (κ1) is 6.51. The van der Waals surface area contributed by atoms with Gasteiger partial charge in [-0.3, -0.25) is 0 Å². The summed E-state index contributed by atoms with van der Waals surface area (Å²) in [6.45, 7) is 0. The van der Waals surface area contributed by atoms with Crippen LogP contribution in [-0.2, 0) is 0 Å². The summed E-state index contributed by atoms with van der Waals surface area (Å²) in [6.07, 6.45) is 7.13. The Kier molecular flexibility index (Phi) is 0.895. The Morgan fingerprint density at radius 3 is 1.83 bits per heavy atom. The van der Waals surface area contributed by atoms with Crippen LogP contribution in [0.25, 0.3) is 0 Å². The summed E-state index contributed by atoms with van der Waals surface area (Å²) in [7, 11) is 5.98. The average molecular weight is 158 g/mol. The first-order chi connectivity index (χ1) is 5.89. The molecule has 2 radical (unpaired) electrons. The second-order valence-corrected chi connectivity index (χ2v) is 5.54. The molecule has 0 aliphatic heterocycles. The molecule has 4 saturated carbocycles. The zero-order chi connectivity index (χ0) is 7.92. The lowest BCUT2D eigenvalue weighted by molar-refractivity contribution is -0.352. The normalized spacial score (nSPS) is 70.2. The standard InChI is InChI=1S/C11H15B/c12-5-11-8-3-1-6(8)10(11)7-2-4-9(7)11/h6-10H,1-5H2. The van der Waals surface area contributed by atoms with Crippen molar-refractivity contribution < 1.29 is 0 Å². The van der Waals surface area contributed by atoms with Crippen LogP contribution in [0.1, 0.15) is 25.7 Å². The molecule has 1 heteroatoms. The molecule has 0 spiro atoms. The van der Waals surface area contributed by atoms with E-state index in [0.29, 0.717) is 5.41 Å². The van der Waals surface area contributed by atoms with Crippen molar-refractivity contribution >= 4 is 7.85 Å². The van der Waals surface area contributed by atoms with Gasteiger partial charge in [0.1, 0.15) is 0 Å². The maximum absolute atomic E-state index is 5.98. The summed E-state index contributed by atoms with van der Waals surface area (Å²) < 4.78 is 0. The quantitative estimate of drug-likeness (QED) is 0.513. The molecule has 0 heterocycles. The molecule has 0 N–H and O–H groups in total. The van der Waals surface area contributed by atoms with Crippen molar-refractivity contribution in [2.24, 2.45) is 35.0 Å². The third-order valence-electron chi connectivity index (χ3n) is 5.93. The first-order valence-electron chi connectivity index (χ1n) is 5.59. The highest BCUT2D eigenvalue weighted by atomic mass is 14.8. The molecule has 0 aromatic rings. The van der Waals surface area contributed by atoms with Crippen LogP contribution in [0.3, 0.4) is 0 Å². The van der Waals surface area contributed by atoms with E-state index in [9.17, 15) is 0 Å². The summed E-state index contributed by atoms with van der Waals surface area (Å²) in [4.78, 5) is 0. The van der Waals surface area contributed by atoms with Crippen molar-refractivity contribution in [3.8, 4) is 0 Å². The van der Waals surface area contributed by atoms with Gasteiger partial charge in [0, 0.05) is 0 Å². The minimum Gasteiger partial charge on any atom is -0.0823 e. The number of hydrogen-bond acceptors (Lipinski definition) is 0. The summed E-state index contributed by atoms with van der Waals surface area (Å²) in [6, 6.07) is 0. The van der Waals surface area contributed by atoms with E-state index >= 15 is 0 Å². The van der Waals surface area contributed by atoms with Gasteiger partial charge in [0.25, 0.3) is 0 Å². The van der Waals surface area contributed by atoms with Gasteiger partial charge in [-0.1, -0.05) is 6.32 Å². The van der Waals surface area contributed by atoms with Crippen LogP contribution >= 0.6 is 0 Å². The molecule has 0 bridgehead atoms. The fraction of sp³-hybridized carbons (Fsp3) is 1.00. The van der Waals surface area contributed by atoms with E-state index < -0.39 is 0 Å². The van der Waals surface area contributed by atoms with Crippen molar-refractivity contribution in [3.05, 3.63) is 0 Å². The van der Waals surface area contributed by atoms with E-state index in [1.165, 1.54) is 12.8 Å². The van der Waals surface area contributed by atoms with Crippen molar-refractivity contribution in [2.45, 2.75) is 32.0 Å². The van der Waals surface area contributed by atoms with Gasteiger partial charge >= 0.3 is 0 Å². The van der Waals surface area contributed by atoms with Crippen LogP contribution in [-0.4, -0.2) is 7.85 Å². The van der Waals surface area contributed by atoms with Crippen LogP contribution in [0, 0.1) is 35.0 Å². The Balaban J connectivity index is 1.73. The predicted molar refractivity (Wildman–Crippen MR) is 48.9 cm³/mol. The van der Waals surface area contributed by atoms with Gasteiger partial charge in [-0.05, 0) is 60.7 Å². The van der Waals surface area contributed by atoms with E-state index in [4.69, 9.17) is 7.85 Å². The molecule has 4 fully saturated rings. The van der Waals surface area contributed by atoms with Crippen LogP contribution in [0.15, 0.2) is 0 Å². The molecule has 0 aromatic heterocycles. The SMILES string of the molecule is [B]CC12C3CCC3C1C1CCC12. The minimum absolute atomic E-state index is 0.714. The van der Waals surface area contributed by atoms with E-state index in [2.05, 4.69) is 0 Å². The third-order valence-corrected chi connectivity index (χ3v) is 5.93. The fourth-order valence-electron chi connectivity index (χ4n) is 5.33. The Hall–Kier alpha value is 0.0649. The zero-order valence-electron chi connectivity index (χ0n) is 7.50. The van der Waals surface area contributed by atoms with Gasteiger partial charge in [0.2, 0.25) is 0 Å². The van der Waals surface area contributed by atoms with E-state index in [-0.39, 0.29) is 0 Å². The maximum atomic E-state index is 5.98. The molecule has 0 aromatic carbocycles. The zero-order valence-corrected chi connectivity index (χ0v) is 7.50. The van der Waals surface area contributed by atoms with Crippen LogP contribution < -0.4 is 0 Å². The fourth-order valence-corrected chi connectivity index (χ4v) is 5.33. The second kappa shape index (κ2) is 1.65. The number of rotatable bonds is 1. The molecule has 4 aliphatic carbocycles. The highest BCUT2D eigenvalue weighted by Gasteiger charge is 2.78. The lowest BCUT2D eigenvalue weighted by Crippen LogP contribution is -2.78. The van der Waals surface area contributed by atoms with Gasteiger partial charge in [-0.25, -0.2) is 0 Å². The Morgan fingerprint density at radius 1 is 1.00 bits per heavy atom. The molecule has 4 atom stereocenters. The van der Waals surface area contributed by atoms with Gasteiger partial charge in [0.05, 0.1) is 7.85 Å². The molecule has 0 nitrogen and oxygen atoms in total. The minimum atomic E-state index is 0.714. The van der Waals surface area contributed by atoms with Crippen molar-refractivity contribution in [3.63, 3.8) is 0 Å². The van der Waals surface area contributed by atoms with E-state index in [1.807, 2.05) is 0 Å². The van der Waals surface area contributed by atoms with E-state index in [1.54, 1.807) is 12.8 Å². The van der Waals surface area contributed by atoms with Gasteiger partial charge < -0.3 is 0 Å². The van der Waals surface area contributed by atoms with Crippen LogP contribution in [0.5, 0.6) is 0 Å². The first-order valence-corrected chi connectivity index (χ1v) is 5.59. The Morgan fingerprint density at radius 2 is 1.58 bits per heavy atom. The largest absolute Gasteiger partial charge is 0.0823 e. The van der Waals surface area contributed by atoms with Gasteiger partial charge in [0.15, 0.2) is 0 Å². The van der Waals surface area contributed by atoms with Crippen LogP contribution in [0.2, 0.25) is 6.32 Å². The Bertz CT molecular complexity index is 227. The molecule has 4 aliphatic rings. The molecule has 0 saturated heterocycles. The molecule has 12 heavy (non-hydrogen) atoms. The Labute approximate surface area is 75.5 Å². The smallest absolute Gasteiger partial charge is 0.0660 e. The van der Waals surface area contributed by atoms with Crippen molar-refractivity contribution in [1.82, 2.24) is 0 Å². The molecule has 4 rings (SSSR count). The van der Waals surface area contributed by atoms with Crippen LogP contribution in [0.4, 0.5) is 0 Å². The molecule has 4 unspecified atom stereocenters. The molecular weight excluding hydrogens is 143 g/mol. The van der Waals surface area contributed by atoms with Crippen molar-refractivity contribution in [1.29, 1.82) is 0 Å². The van der Waals surface area contributed by atoms with E-state index in [0.717, 1.165) is 35.9 Å².